The summed E-state index contributed by atoms with van der Waals surface area (Å²) >= 11 is 6.69. The quantitative estimate of drug-likeness (QED) is 0.876. The van der Waals surface area contributed by atoms with Crippen molar-refractivity contribution in [2.45, 2.75) is 22.7 Å². The Balaban J connectivity index is 2.01. The van der Waals surface area contributed by atoms with Crippen LogP contribution in [0.2, 0.25) is 4.34 Å². The summed E-state index contributed by atoms with van der Waals surface area (Å²) in [5, 5.41) is 10.2. The van der Waals surface area contributed by atoms with Crippen LogP contribution in [-0.2, 0) is 14.8 Å². The van der Waals surface area contributed by atoms with E-state index in [0.29, 0.717) is 30.4 Å². The van der Waals surface area contributed by atoms with Crippen LogP contribution in [0.4, 0.5) is 0 Å². The van der Waals surface area contributed by atoms with E-state index in [1.807, 2.05) is 0 Å². The maximum atomic E-state index is 11.9. The molecule has 0 bridgehead atoms. The van der Waals surface area contributed by atoms with Gasteiger partial charge in [-0.15, -0.1) is 11.3 Å². The highest BCUT2D eigenvalue weighted by Crippen LogP contribution is 2.26. The molecular formula is C10H14ClNO4S2. The number of halogens is 1. The first-order chi connectivity index (χ1) is 8.41. The van der Waals surface area contributed by atoms with Gasteiger partial charge in [-0.25, -0.2) is 13.1 Å². The molecular weight excluding hydrogens is 298 g/mol. The van der Waals surface area contributed by atoms with Crippen molar-refractivity contribution in [1.82, 2.24) is 4.72 Å². The lowest BCUT2D eigenvalue weighted by atomic mass is 9.95. The van der Waals surface area contributed by atoms with E-state index in [1.165, 1.54) is 12.1 Å². The second-order valence-electron chi connectivity index (χ2n) is 4.22. The van der Waals surface area contributed by atoms with Crippen LogP contribution < -0.4 is 4.72 Å². The van der Waals surface area contributed by atoms with Crippen LogP contribution in [0, 0.1) is 0 Å². The summed E-state index contributed by atoms with van der Waals surface area (Å²) in [7, 11) is -3.59. The number of aliphatic hydroxyl groups is 1. The van der Waals surface area contributed by atoms with E-state index in [9.17, 15) is 13.5 Å². The normalized spacial score (nSPS) is 19.9. The topological polar surface area (TPSA) is 75.6 Å². The Hall–Kier alpha value is -0.180. The second-order valence-corrected chi connectivity index (χ2v) is 7.93. The zero-order chi connectivity index (χ0) is 13.2. The lowest BCUT2D eigenvalue weighted by Gasteiger charge is -2.31. The molecule has 2 heterocycles. The summed E-state index contributed by atoms with van der Waals surface area (Å²) < 4.78 is 32.0. The fraction of sp³-hybridized carbons (Fsp3) is 0.600. The van der Waals surface area contributed by atoms with Gasteiger partial charge in [0.25, 0.3) is 0 Å². The second kappa shape index (κ2) is 5.44. The van der Waals surface area contributed by atoms with Crippen LogP contribution in [0.15, 0.2) is 16.3 Å². The standard InChI is InChI=1S/C10H14ClNO4S2/c11-8-1-2-9(17-8)18(14,15)12-7-10(13)3-5-16-6-4-10/h1-2,12-13H,3-7H2. The average Bonchev–Trinajstić information content (AvgIpc) is 2.76. The van der Waals surface area contributed by atoms with Crippen LogP contribution in [0.25, 0.3) is 0 Å². The molecule has 0 atom stereocenters. The van der Waals surface area contributed by atoms with Crippen molar-refractivity contribution in [2.75, 3.05) is 19.8 Å². The van der Waals surface area contributed by atoms with Crippen molar-refractivity contribution in [1.29, 1.82) is 0 Å². The molecule has 2 N–H and O–H groups in total. The Morgan fingerprint density at radius 2 is 2.11 bits per heavy atom. The van der Waals surface area contributed by atoms with Crippen molar-refractivity contribution >= 4 is 33.0 Å². The minimum Gasteiger partial charge on any atom is -0.388 e. The summed E-state index contributed by atoms with van der Waals surface area (Å²) in [5.74, 6) is 0. The Labute approximate surface area is 115 Å². The SMILES string of the molecule is O=S(=O)(NCC1(O)CCOCC1)c1ccc(Cl)s1. The summed E-state index contributed by atoms with van der Waals surface area (Å²) in [4.78, 5) is 0. The predicted octanol–water partition coefficient (Wildman–Crippen LogP) is 1.22. The van der Waals surface area contributed by atoms with Crippen molar-refractivity contribution < 1.29 is 18.3 Å². The van der Waals surface area contributed by atoms with Crippen LogP contribution in [0.5, 0.6) is 0 Å². The molecule has 0 aromatic carbocycles. The minimum absolute atomic E-state index is 0.00574. The van der Waals surface area contributed by atoms with Gasteiger partial charge in [0.15, 0.2) is 0 Å². The molecule has 1 aromatic rings. The van der Waals surface area contributed by atoms with Crippen LogP contribution in [0.3, 0.4) is 0 Å². The molecule has 1 aliphatic rings. The van der Waals surface area contributed by atoms with E-state index in [4.69, 9.17) is 16.3 Å². The molecule has 0 spiro atoms. The van der Waals surface area contributed by atoms with Gasteiger partial charge in [-0.3, -0.25) is 0 Å². The number of nitrogens with one attached hydrogen (secondary N) is 1. The molecule has 102 valence electrons. The molecule has 5 nitrogen and oxygen atoms in total. The lowest BCUT2D eigenvalue weighted by Crippen LogP contribution is -2.46. The highest BCUT2D eigenvalue weighted by Gasteiger charge is 2.31. The smallest absolute Gasteiger partial charge is 0.250 e. The fourth-order valence-corrected chi connectivity index (χ4v) is 4.32. The van der Waals surface area contributed by atoms with E-state index in [0.717, 1.165) is 11.3 Å². The van der Waals surface area contributed by atoms with Gasteiger partial charge in [0, 0.05) is 32.6 Å². The van der Waals surface area contributed by atoms with Gasteiger partial charge in [-0.1, -0.05) is 11.6 Å². The molecule has 0 unspecified atom stereocenters. The van der Waals surface area contributed by atoms with E-state index in [-0.39, 0.29) is 10.8 Å². The first kappa shape index (κ1) is 14.2. The van der Waals surface area contributed by atoms with Crippen molar-refractivity contribution in [3.8, 4) is 0 Å². The molecule has 1 aromatic heterocycles. The van der Waals surface area contributed by atoms with E-state index < -0.39 is 15.6 Å². The lowest BCUT2D eigenvalue weighted by molar-refractivity contribution is -0.0588. The van der Waals surface area contributed by atoms with Crippen LogP contribution in [-0.4, -0.2) is 38.9 Å². The molecule has 1 saturated heterocycles. The number of thiophene rings is 1. The minimum atomic E-state index is -3.59. The first-order valence-electron chi connectivity index (χ1n) is 5.46. The molecule has 1 fully saturated rings. The zero-order valence-electron chi connectivity index (χ0n) is 9.56. The largest absolute Gasteiger partial charge is 0.388 e. The highest BCUT2D eigenvalue weighted by molar-refractivity contribution is 7.91. The first-order valence-corrected chi connectivity index (χ1v) is 8.14. The summed E-state index contributed by atoms with van der Waals surface area (Å²) in [6.45, 7) is 0.889. The maximum Gasteiger partial charge on any atom is 0.250 e. The molecule has 18 heavy (non-hydrogen) atoms. The summed E-state index contributed by atoms with van der Waals surface area (Å²) in [6, 6.07) is 2.98. The Bertz CT molecular complexity index is 508. The molecule has 0 saturated carbocycles. The van der Waals surface area contributed by atoms with E-state index >= 15 is 0 Å². The number of hydrogen-bond donors (Lipinski definition) is 2. The number of rotatable bonds is 4. The third-order valence-electron chi connectivity index (χ3n) is 2.83. The zero-order valence-corrected chi connectivity index (χ0v) is 11.9. The third kappa shape index (κ3) is 3.43. The predicted molar refractivity (Wildman–Crippen MR) is 69.5 cm³/mol. The maximum absolute atomic E-state index is 11.9. The fourth-order valence-electron chi connectivity index (χ4n) is 1.67. The monoisotopic (exact) mass is 311 g/mol. The molecule has 0 aliphatic carbocycles. The van der Waals surface area contributed by atoms with E-state index in [2.05, 4.69) is 4.72 Å². The van der Waals surface area contributed by atoms with Gasteiger partial charge < -0.3 is 9.84 Å². The van der Waals surface area contributed by atoms with Crippen LogP contribution >= 0.6 is 22.9 Å². The van der Waals surface area contributed by atoms with E-state index in [1.54, 1.807) is 0 Å². The number of sulfonamides is 1. The van der Waals surface area contributed by atoms with Crippen LogP contribution in [0.1, 0.15) is 12.8 Å². The Morgan fingerprint density at radius 1 is 1.44 bits per heavy atom. The number of ether oxygens (including phenoxy) is 1. The summed E-state index contributed by atoms with van der Waals surface area (Å²) in [5.41, 5.74) is -1.02. The number of hydrogen-bond acceptors (Lipinski definition) is 5. The molecule has 2 rings (SSSR count). The summed E-state index contributed by atoms with van der Waals surface area (Å²) in [6.07, 6.45) is 0.863. The van der Waals surface area contributed by atoms with Crippen molar-refractivity contribution in [2.24, 2.45) is 0 Å². The van der Waals surface area contributed by atoms with Gasteiger partial charge in [0.05, 0.1) is 9.94 Å². The van der Waals surface area contributed by atoms with Gasteiger partial charge in [0.1, 0.15) is 4.21 Å². The average molecular weight is 312 g/mol. The van der Waals surface area contributed by atoms with Gasteiger partial charge >= 0.3 is 0 Å². The molecule has 8 heteroatoms. The highest BCUT2D eigenvalue weighted by atomic mass is 35.5. The van der Waals surface area contributed by atoms with Gasteiger partial charge in [0.2, 0.25) is 10.0 Å². The van der Waals surface area contributed by atoms with Crippen molar-refractivity contribution in [3.63, 3.8) is 0 Å². The van der Waals surface area contributed by atoms with Crippen molar-refractivity contribution in [3.05, 3.63) is 16.5 Å². The van der Waals surface area contributed by atoms with Gasteiger partial charge in [-0.05, 0) is 12.1 Å². The third-order valence-corrected chi connectivity index (χ3v) is 5.95. The molecule has 1 aliphatic heterocycles. The Kier molecular flexibility index (Phi) is 4.30. The molecule has 0 radical (unpaired) electrons. The molecule has 0 amide bonds. The Morgan fingerprint density at radius 3 is 2.67 bits per heavy atom. The van der Waals surface area contributed by atoms with Gasteiger partial charge in [-0.2, -0.15) is 0 Å².